The number of para-hydroxylation sites is 1. The van der Waals surface area contributed by atoms with Gasteiger partial charge >= 0.3 is 5.97 Å². The van der Waals surface area contributed by atoms with Crippen LogP contribution in [0.15, 0.2) is 48.7 Å². The number of anilines is 2. The molecule has 0 aliphatic rings. The third-order valence-electron chi connectivity index (χ3n) is 2.94. The third kappa shape index (κ3) is 2.78. The lowest BCUT2D eigenvalue weighted by molar-refractivity contribution is 0.0697. The van der Waals surface area contributed by atoms with E-state index < -0.39 is 5.97 Å². The molecule has 0 radical (unpaired) electrons. The maximum Gasteiger partial charge on any atom is 0.337 e. The standard InChI is InChI=1S/C15H10ClN3O2/c16-12-6-5-10(7-11(12)14(20)21)18-15-17-8-9-3-1-2-4-13(9)19-15/h1-8H,(H,20,21)(H,17,18,19). The SMILES string of the molecule is O=C(O)c1cc(Nc2ncc3ccccc3n2)ccc1Cl. The first-order valence-electron chi connectivity index (χ1n) is 6.15. The topological polar surface area (TPSA) is 75.1 Å². The molecular formula is C15H10ClN3O2. The number of benzene rings is 2. The van der Waals surface area contributed by atoms with Crippen molar-refractivity contribution in [2.24, 2.45) is 0 Å². The van der Waals surface area contributed by atoms with Gasteiger partial charge in [-0.15, -0.1) is 0 Å². The van der Waals surface area contributed by atoms with E-state index in [0.717, 1.165) is 10.9 Å². The van der Waals surface area contributed by atoms with Crippen LogP contribution in [-0.2, 0) is 0 Å². The predicted molar refractivity (Wildman–Crippen MR) is 81.2 cm³/mol. The molecular weight excluding hydrogens is 290 g/mol. The lowest BCUT2D eigenvalue weighted by Gasteiger charge is -2.07. The van der Waals surface area contributed by atoms with Crippen LogP contribution in [0, 0.1) is 0 Å². The van der Waals surface area contributed by atoms with Crippen molar-refractivity contribution in [2.45, 2.75) is 0 Å². The Labute approximate surface area is 125 Å². The average Bonchev–Trinajstić information content (AvgIpc) is 2.49. The minimum atomic E-state index is -1.08. The highest BCUT2D eigenvalue weighted by atomic mass is 35.5. The summed E-state index contributed by atoms with van der Waals surface area (Å²) in [5.41, 5.74) is 1.40. The van der Waals surface area contributed by atoms with E-state index in [-0.39, 0.29) is 10.6 Å². The van der Waals surface area contributed by atoms with Crippen LogP contribution in [0.3, 0.4) is 0 Å². The second-order valence-corrected chi connectivity index (χ2v) is 4.78. The quantitative estimate of drug-likeness (QED) is 0.771. The van der Waals surface area contributed by atoms with Gasteiger partial charge in [-0.25, -0.2) is 14.8 Å². The summed E-state index contributed by atoms with van der Waals surface area (Å²) in [6.45, 7) is 0. The number of nitrogens with one attached hydrogen (secondary N) is 1. The van der Waals surface area contributed by atoms with Crippen molar-refractivity contribution in [3.8, 4) is 0 Å². The van der Waals surface area contributed by atoms with Crippen molar-refractivity contribution in [2.75, 3.05) is 5.32 Å². The van der Waals surface area contributed by atoms with E-state index in [1.54, 1.807) is 12.3 Å². The van der Waals surface area contributed by atoms with Gasteiger partial charge in [-0.2, -0.15) is 0 Å². The van der Waals surface area contributed by atoms with E-state index in [4.69, 9.17) is 16.7 Å². The molecule has 1 aromatic heterocycles. The van der Waals surface area contributed by atoms with Crippen LogP contribution in [0.5, 0.6) is 0 Å². The third-order valence-corrected chi connectivity index (χ3v) is 3.27. The molecule has 0 amide bonds. The summed E-state index contributed by atoms with van der Waals surface area (Å²) in [5, 5.41) is 13.2. The molecule has 0 saturated heterocycles. The van der Waals surface area contributed by atoms with Crippen LogP contribution >= 0.6 is 11.6 Å². The second kappa shape index (κ2) is 5.38. The summed E-state index contributed by atoms with van der Waals surface area (Å²) in [6, 6.07) is 12.3. The Bertz CT molecular complexity index is 836. The Morgan fingerprint density at radius 2 is 2.00 bits per heavy atom. The maximum absolute atomic E-state index is 11.1. The fourth-order valence-electron chi connectivity index (χ4n) is 1.93. The number of aromatic carboxylic acids is 1. The van der Waals surface area contributed by atoms with Gasteiger partial charge in [-0.05, 0) is 24.3 Å². The van der Waals surface area contributed by atoms with Crippen molar-refractivity contribution in [1.29, 1.82) is 0 Å². The van der Waals surface area contributed by atoms with E-state index >= 15 is 0 Å². The van der Waals surface area contributed by atoms with Gasteiger partial charge in [-0.1, -0.05) is 29.8 Å². The van der Waals surface area contributed by atoms with Crippen LogP contribution in [0.25, 0.3) is 10.9 Å². The number of nitrogens with zero attached hydrogens (tertiary/aromatic N) is 2. The lowest BCUT2D eigenvalue weighted by atomic mass is 10.2. The molecule has 6 heteroatoms. The lowest BCUT2D eigenvalue weighted by Crippen LogP contribution is -2.01. The smallest absolute Gasteiger partial charge is 0.337 e. The highest BCUT2D eigenvalue weighted by molar-refractivity contribution is 6.33. The fourth-order valence-corrected chi connectivity index (χ4v) is 2.13. The zero-order valence-electron chi connectivity index (χ0n) is 10.7. The molecule has 0 unspecified atom stereocenters. The van der Waals surface area contributed by atoms with E-state index in [2.05, 4.69) is 15.3 Å². The fraction of sp³-hybridized carbons (Fsp3) is 0. The van der Waals surface area contributed by atoms with Gasteiger partial charge in [0.25, 0.3) is 0 Å². The molecule has 21 heavy (non-hydrogen) atoms. The molecule has 3 rings (SSSR count). The summed E-state index contributed by atoms with van der Waals surface area (Å²) in [5.74, 6) is -0.685. The number of rotatable bonds is 3. The number of hydrogen-bond acceptors (Lipinski definition) is 4. The molecule has 2 N–H and O–H groups in total. The Kier molecular flexibility index (Phi) is 3.41. The van der Waals surface area contributed by atoms with Gasteiger partial charge in [-0.3, -0.25) is 0 Å². The molecule has 0 bridgehead atoms. The first-order chi connectivity index (χ1) is 10.1. The molecule has 0 aliphatic heterocycles. The number of hydrogen-bond donors (Lipinski definition) is 2. The average molecular weight is 300 g/mol. The number of carbonyl (C=O) groups is 1. The zero-order valence-corrected chi connectivity index (χ0v) is 11.5. The van der Waals surface area contributed by atoms with Gasteiger partial charge in [0.05, 0.1) is 16.1 Å². The van der Waals surface area contributed by atoms with Crippen molar-refractivity contribution in [3.63, 3.8) is 0 Å². The summed E-state index contributed by atoms with van der Waals surface area (Å²) >= 11 is 5.83. The Hall–Kier alpha value is -2.66. The Morgan fingerprint density at radius 3 is 2.81 bits per heavy atom. The minimum absolute atomic E-state index is 0.0301. The highest BCUT2D eigenvalue weighted by Gasteiger charge is 2.10. The van der Waals surface area contributed by atoms with Gasteiger partial charge in [0.1, 0.15) is 0 Å². The first-order valence-corrected chi connectivity index (χ1v) is 6.53. The number of aromatic nitrogens is 2. The van der Waals surface area contributed by atoms with Crippen molar-refractivity contribution >= 4 is 40.1 Å². The van der Waals surface area contributed by atoms with Gasteiger partial charge < -0.3 is 10.4 Å². The summed E-state index contributed by atoms with van der Waals surface area (Å²) in [7, 11) is 0. The van der Waals surface area contributed by atoms with E-state index in [0.29, 0.717) is 11.6 Å². The van der Waals surface area contributed by atoms with Gasteiger partial charge in [0.15, 0.2) is 0 Å². The highest BCUT2D eigenvalue weighted by Crippen LogP contribution is 2.23. The van der Waals surface area contributed by atoms with Gasteiger partial charge in [0, 0.05) is 17.3 Å². The summed E-state index contributed by atoms with van der Waals surface area (Å²) < 4.78 is 0. The van der Waals surface area contributed by atoms with E-state index in [9.17, 15) is 4.79 Å². The van der Waals surface area contributed by atoms with Crippen LogP contribution in [0.2, 0.25) is 5.02 Å². The predicted octanol–water partition coefficient (Wildman–Crippen LogP) is 3.73. The van der Waals surface area contributed by atoms with Crippen LogP contribution in [0.1, 0.15) is 10.4 Å². The largest absolute Gasteiger partial charge is 0.478 e. The number of carboxylic acid groups (broad SMARTS) is 1. The molecule has 1 heterocycles. The molecule has 2 aromatic carbocycles. The number of carboxylic acids is 1. The van der Waals surface area contributed by atoms with Crippen LogP contribution < -0.4 is 5.32 Å². The molecule has 0 aliphatic carbocycles. The number of halogens is 1. The molecule has 0 saturated carbocycles. The monoisotopic (exact) mass is 299 g/mol. The van der Waals surface area contributed by atoms with Gasteiger partial charge in [0.2, 0.25) is 5.95 Å². The molecule has 0 atom stereocenters. The van der Waals surface area contributed by atoms with Crippen molar-refractivity contribution < 1.29 is 9.90 Å². The van der Waals surface area contributed by atoms with Crippen molar-refractivity contribution in [3.05, 3.63) is 59.2 Å². The molecule has 5 nitrogen and oxygen atoms in total. The molecule has 3 aromatic rings. The number of fused-ring (bicyclic) bond motifs is 1. The molecule has 104 valence electrons. The first kappa shape index (κ1) is 13.3. The van der Waals surface area contributed by atoms with E-state index in [1.807, 2.05) is 24.3 Å². The zero-order chi connectivity index (χ0) is 14.8. The Balaban J connectivity index is 1.94. The summed E-state index contributed by atoms with van der Waals surface area (Å²) in [4.78, 5) is 19.6. The molecule has 0 spiro atoms. The Morgan fingerprint density at radius 1 is 1.19 bits per heavy atom. The van der Waals surface area contributed by atoms with Crippen LogP contribution in [-0.4, -0.2) is 21.0 Å². The van der Waals surface area contributed by atoms with Crippen molar-refractivity contribution in [1.82, 2.24) is 9.97 Å². The van der Waals surface area contributed by atoms with E-state index in [1.165, 1.54) is 12.1 Å². The molecule has 0 fully saturated rings. The summed E-state index contributed by atoms with van der Waals surface area (Å²) in [6.07, 6.45) is 1.71. The minimum Gasteiger partial charge on any atom is -0.478 e. The maximum atomic E-state index is 11.1. The normalized spacial score (nSPS) is 10.5. The van der Waals surface area contributed by atoms with Crippen LogP contribution in [0.4, 0.5) is 11.6 Å². The second-order valence-electron chi connectivity index (χ2n) is 4.38.